The SMILES string of the molecule is CC(C)(CO)NC(=O)C(=O)Nc1ccc(O)cc1. The lowest BCUT2D eigenvalue weighted by molar-refractivity contribution is -0.137. The van der Waals surface area contributed by atoms with Crippen LogP contribution < -0.4 is 10.6 Å². The lowest BCUT2D eigenvalue weighted by Gasteiger charge is -2.22. The van der Waals surface area contributed by atoms with Crippen LogP contribution in [0.2, 0.25) is 0 Å². The molecular formula is C12H16N2O4. The summed E-state index contributed by atoms with van der Waals surface area (Å²) < 4.78 is 0. The topological polar surface area (TPSA) is 98.7 Å². The van der Waals surface area contributed by atoms with Gasteiger partial charge >= 0.3 is 11.8 Å². The molecule has 2 amide bonds. The lowest BCUT2D eigenvalue weighted by atomic mass is 10.1. The number of nitrogens with one attached hydrogen (secondary N) is 2. The van der Waals surface area contributed by atoms with Gasteiger partial charge in [0.05, 0.1) is 12.1 Å². The summed E-state index contributed by atoms with van der Waals surface area (Å²) in [5.74, 6) is -1.59. The molecule has 0 saturated carbocycles. The quantitative estimate of drug-likeness (QED) is 0.457. The van der Waals surface area contributed by atoms with Crippen LogP contribution in [0.5, 0.6) is 5.75 Å². The Hall–Kier alpha value is -2.08. The molecule has 0 spiro atoms. The van der Waals surface area contributed by atoms with Gasteiger partial charge in [0.1, 0.15) is 5.75 Å². The maximum absolute atomic E-state index is 11.5. The third kappa shape index (κ3) is 4.06. The molecule has 98 valence electrons. The van der Waals surface area contributed by atoms with Gasteiger partial charge in [0.25, 0.3) is 0 Å². The predicted molar refractivity (Wildman–Crippen MR) is 66.0 cm³/mol. The summed E-state index contributed by atoms with van der Waals surface area (Å²) in [6.07, 6.45) is 0. The number of benzene rings is 1. The normalized spacial score (nSPS) is 10.8. The molecule has 0 heterocycles. The Morgan fingerprint density at radius 2 is 1.72 bits per heavy atom. The summed E-state index contributed by atoms with van der Waals surface area (Å²) in [7, 11) is 0. The molecular weight excluding hydrogens is 236 g/mol. The molecule has 0 aliphatic rings. The van der Waals surface area contributed by atoms with E-state index < -0.39 is 17.4 Å². The van der Waals surface area contributed by atoms with E-state index >= 15 is 0 Å². The van der Waals surface area contributed by atoms with Crippen LogP contribution in [0.15, 0.2) is 24.3 Å². The van der Waals surface area contributed by atoms with E-state index in [2.05, 4.69) is 10.6 Å². The first kappa shape index (κ1) is 14.0. The van der Waals surface area contributed by atoms with Crippen LogP contribution in [0.4, 0.5) is 5.69 Å². The summed E-state index contributed by atoms with van der Waals surface area (Å²) in [5.41, 5.74) is -0.460. The van der Waals surface area contributed by atoms with Crippen molar-refractivity contribution in [3.63, 3.8) is 0 Å². The van der Waals surface area contributed by atoms with Crippen molar-refractivity contribution in [3.8, 4) is 5.75 Å². The average Bonchev–Trinajstić information content (AvgIpc) is 2.31. The van der Waals surface area contributed by atoms with Gasteiger partial charge in [-0.05, 0) is 38.1 Å². The molecule has 4 N–H and O–H groups in total. The molecule has 0 saturated heterocycles. The van der Waals surface area contributed by atoms with Crippen molar-refractivity contribution in [2.45, 2.75) is 19.4 Å². The molecule has 0 fully saturated rings. The number of carbonyl (C=O) groups excluding carboxylic acids is 2. The highest BCUT2D eigenvalue weighted by Crippen LogP contribution is 2.13. The lowest BCUT2D eigenvalue weighted by Crippen LogP contribution is -2.50. The molecule has 0 unspecified atom stereocenters. The van der Waals surface area contributed by atoms with Crippen LogP contribution >= 0.6 is 0 Å². The summed E-state index contributed by atoms with van der Waals surface area (Å²) in [6.45, 7) is 2.92. The van der Waals surface area contributed by atoms with Crippen molar-refractivity contribution in [1.82, 2.24) is 5.32 Å². The first-order valence-corrected chi connectivity index (χ1v) is 5.37. The number of hydrogen-bond donors (Lipinski definition) is 4. The largest absolute Gasteiger partial charge is 0.508 e. The van der Waals surface area contributed by atoms with Crippen LogP contribution in [0.3, 0.4) is 0 Å². The summed E-state index contributed by atoms with van der Waals surface area (Å²) in [4.78, 5) is 23.0. The number of anilines is 1. The fourth-order valence-corrected chi connectivity index (χ4v) is 1.14. The van der Waals surface area contributed by atoms with E-state index in [9.17, 15) is 9.59 Å². The first-order chi connectivity index (χ1) is 8.34. The van der Waals surface area contributed by atoms with Crippen molar-refractivity contribution < 1.29 is 19.8 Å². The second-order valence-corrected chi connectivity index (χ2v) is 4.50. The molecule has 0 radical (unpaired) electrons. The molecule has 0 bridgehead atoms. The number of phenolic OH excluding ortho intramolecular Hbond substituents is 1. The smallest absolute Gasteiger partial charge is 0.313 e. The highest BCUT2D eigenvalue weighted by Gasteiger charge is 2.23. The summed E-state index contributed by atoms with van der Waals surface area (Å²) in [5, 5.41) is 22.8. The molecule has 6 nitrogen and oxygen atoms in total. The van der Waals surface area contributed by atoms with Gasteiger partial charge in [0.15, 0.2) is 0 Å². The third-order valence-corrected chi connectivity index (χ3v) is 2.18. The van der Waals surface area contributed by atoms with Crippen molar-refractivity contribution >= 4 is 17.5 Å². The van der Waals surface area contributed by atoms with E-state index in [1.807, 2.05) is 0 Å². The number of aliphatic hydroxyl groups is 1. The number of amides is 2. The first-order valence-electron chi connectivity index (χ1n) is 5.37. The zero-order chi connectivity index (χ0) is 13.8. The molecule has 0 aliphatic heterocycles. The molecule has 1 aromatic carbocycles. The summed E-state index contributed by atoms with van der Waals surface area (Å²) in [6, 6.07) is 5.73. The van der Waals surface area contributed by atoms with E-state index in [0.29, 0.717) is 5.69 Å². The van der Waals surface area contributed by atoms with Crippen molar-refractivity contribution in [2.75, 3.05) is 11.9 Å². The minimum absolute atomic E-state index is 0.0684. The number of phenols is 1. The second kappa shape index (κ2) is 5.50. The highest BCUT2D eigenvalue weighted by molar-refractivity contribution is 6.39. The number of aromatic hydroxyl groups is 1. The van der Waals surface area contributed by atoms with Crippen LogP contribution in [0, 0.1) is 0 Å². The Morgan fingerprint density at radius 3 is 2.22 bits per heavy atom. The van der Waals surface area contributed by atoms with Gasteiger partial charge in [-0.3, -0.25) is 9.59 Å². The molecule has 6 heteroatoms. The Labute approximate surface area is 105 Å². The Bertz CT molecular complexity index is 440. The molecule has 0 aliphatic carbocycles. The van der Waals surface area contributed by atoms with Gasteiger partial charge in [0.2, 0.25) is 0 Å². The van der Waals surface area contributed by atoms with Gasteiger partial charge < -0.3 is 20.8 Å². The van der Waals surface area contributed by atoms with Gasteiger partial charge in [-0.15, -0.1) is 0 Å². The van der Waals surface area contributed by atoms with E-state index in [0.717, 1.165) is 0 Å². The highest BCUT2D eigenvalue weighted by atomic mass is 16.3. The maximum atomic E-state index is 11.5. The van der Waals surface area contributed by atoms with Gasteiger partial charge in [-0.2, -0.15) is 0 Å². The minimum Gasteiger partial charge on any atom is -0.508 e. The monoisotopic (exact) mass is 252 g/mol. The minimum atomic E-state index is -0.858. The fraction of sp³-hybridized carbons (Fsp3) is 0.333. The number of aliphatic hydroxyl groups excluding tert-OH is 1. The van der Waals surface area contributed by atoms with Crippen molar-refractivity contribution in [1.29, 1.82) is 0 Å². The Balaban J connectivity index is 2.60. The van der Waals surface area contributed by atoms with E-state index in [4.69, 9.17) is 10.2 Å². The fourth-order valence-electron chi connectivity index (χ4n) is 1.14. The average molecular weight is 252 g/mol. The number of carbonyl (C=O) groups is 2. The van der Waals surface area contributed by atoms with Crippen LogP contribution in [-0.4, -0.2) is 34.2 Å². The zero-order valence-electron chi connectivity index (χ0n) is 10.2. The van der Waals surface area contributed by atoms with Crippen LogP contribution in [0.1, 0.15) is 13.8 Å². The van der Waals surface area contributed by atoms with Crippen molar-refractivity contribution in [2.24, 2.45) is 0 Å². The molecule has 0 aromatic heterocycles. The molecule has 0 atom stereocenters. The predicted octanol–water partition coefficient (Wildman–Crippen LogP) is 0.218. The number of rotatable bonds is 3. The van der Waals surface area contributed by atoms with Gasteiger partial charge in [-0.25, -0.2) is 0 Å². The van der Waals surface area contributed by atoms with Crippen LogP contribution in [-0.2, 0) is 9.59 Å². The van der Waals surface area contributed by atoms with E-state index in [1.54, 1.807) is 13.8 Å². The van der Waals surface area contributed by atoms with Crippen molar-refractivity contribution in [3.05, 3.63) is 24.3 Å². The Morgan fingerprint density at radius 1 is 1.17 bits per heavy atom. The van der Waals surface area contributed by atoms with Crippen LogP contribution in [0.25, 0.3) is 0 Å². The third-order valence-electron chi connectivity index (χ3n) is 2.18. The van der Waals surface area contributed by atoms with Gasteiger partial charge in [-0.1, -0.05) is 0 Å². The number of hydrogen-bond acceptors (Lipinski definition) is 4. The van der Waals surface area contributed by atoms with E-state index in [1.165, 1.54) is 24.3 Å². The summed E-state index contributed by atoms with van der Waals surface area (Å²) >= 11 is 0. The molecule has 1 rings (SSSR count). The maximum Gasteiger partial charge on any atom is 0.313 e. The molecule has 18 heavy (non-hydrogen) atoms. The Kier molecular flexibility index (Phi) is 4.28. The zero-order valence-corrected chi connectivity index (χ0v) is 10.2. The van der Waals surface area contributed by atoms with E-state index in [-0.39, 0.29) is 12.4 Å². The standard InChI is InChI=1S/C12H16N2O4/c1-12(2,7-15)14-11(18)10(17)13-8-3-5-9(16)6-4-8/h3-6,15-16H,7H2,1-2H3,(H,13,17)(H,14,18). The van der Waals surface area contributed by atoms with Gasteiger partial charge in [0, 0.05) is 5.69 Å². The molecule has 1 aromatic rings. The second-order valence-electron chi connectivity index (χ2n) is 4.50.